The zero-order chi connectivity index (χ0) is 24.5. The molecule has 0 bridgehead atoms. The number of ketones is 2. The second-order valence-corrected chi connectivity index (χ2v) is 11.0. The molecule has 1 atom stereocenters. The lowest BCUT2D eigenvalue weighted by Crippen LogP contribution is -2.38. The molecule has 6 nitrogen and oxygen atoms in total. The maximum absolute atomic E-state index is 13.0. The molecule has 2 heterocycles. The number of hydrogen-bond acceptors (Lipinski definition) is 7. The number of rotatable bonds is 8. The fourth-order valence-corrected chi connectivity index (χ4v) is 6.59. The molecule has 1 aliphatic heterocycles. The van der Waals surface area contributed by atoms with Crippen LogP contribution >= 0.6 is 11.3 Å². The van der Waals surface area contributed by atoms with Crippen LogP contribution in [0.15, 0.2) is 30.3 Å². The van der Waals surface area contributed by atoms with Gasteiger partial charge in [0.05, 0.1) is 37.4 Å². The number of ether oxygens (including phenoxy) is 2. The van der Waals surface area contributed by atoms with Crippen LogP contribution in [0.3, 0.4) is 0 Å². The minimum Gasteiger partial charge on any atom is -0.493 e. The average molecular weight is 493 g/mol. The molecule has 0 N–H and O–H groups in total. The van der Waals surface area contributed by atoms with Gasteiger partial charge in [0.2, 0.25) is 0 Å². The van der Waals surface area contributed by atoms with Crippen molar-refractivity contribution in [2.75, 3.05) is 33.9 Å². The van der Waals surface area contributed by atoms with E-state index in [1.807, 2.05) is 18.2 Å². The van der Waals surface area contributed by atoms with Gasteiger partial charge in [-0.3, -0.25) is 14.5 Å². The predicted molar refractivity (Wildman–Crippen MR) is 138 cm³/mol. The molecular formula is C28H32N2O4S. The van der Waals surface area contributed by atoms with E-state index in [0.29, 0.717) is 30.4 Å². The Morgan fingerprint density at radius 1 is 1.11 bits per heavy atom. The third-order valence-corrected chi connectivity index (χ3v) is 8.39. The number of carbonyl (C=O) groups is 2. The molecule has 1 saturated heterocycles. The van der Waals surface area contributed by atoms with Crippen molar-refractivity contribution in [3.05, 3.63) is 52.0 Å². The number of benzene rings is 2. The predicted octanol–water partition coefficient (Wildman–Crippen LogP) is 4.89. The van der Waals surface area contributed by atoms with Crippen molar-refractivity contribution in [2.24, 2.45) is 11.8 Å². The highest BCUT2D eigenvalue weighted by Crippen LogP contribution is 2.39. The lowest BCUT2D eigenvalue weighted by molar-refractivity contribution is -0.119. The number of carbonyl (C=O) groups excluding carboxylic acids is 2. The van der Waals surface area contributed by atoms with E-state index >= 15 is 0 Å². The van der Waals surface area contributed by atoms with Crippen LogP contribution in [0.5, 0.6) is 11.5 Å². The van der Waals surface area contributed by atoms with Gasteiger partial charge in [0.25, 0.3) is 0 Å². The van der Waals surface area contributed by atoms with Crippen LogP contribution in [0.1, 0.15) is 45.8 Å². The largest absolute Gasteiger partial charge is 0.493 e. The van der Waals surface area contributed by atoms with Crippen molar-refractivity contribution in [1.82, 2.24) is 9.88 Å². The van der Waals surface area contributed by atoms with Crippen molar-refractivity contribution in [3.63, 3.8) is 0 Å². The smallest absolute Gasteiger partial charge is 0.166 e. The Morgan fingerprint density at radius 3 is 2.60 bits per heavy atom. The van der Waals surface area contributed by atoms with Crippen molar-refractivity contribution in [2.45, 2.75) is 39.0 Å². The Balaban J connectivity index is 1.11. The number of likely N-dealkylation sites (tertiary alicyclic amines) is 1. The first-order valence-corrected chi connectivity index (χ1v) is 13.1. The maximum Gasteiger partial charge on any atom is 0.166 e. The van der Waals surface area contributed by atoms with Gasteiger partial charge in [0.15, 0.2) is 23.1 Å². The SMILES string of the molecule is COc1cc2c(cc1OC)C(=O)C(CC1CCN(CC(=O)Cc3nc4ccc(C)cc4s3)CC1)C2. The molecule has 1 aliphatic carbocycles. The Bertz CT molecular complexity index is 1260. The fourth-order valence-electron chi connectivity index (χ4n) is 5.50. The molecule has 1 aromatic heterocycles. The average Bonchev–Trinajstić information content (AvgIpc) is 3.38. The zero-order valence-electron chi connectivity index (χ0n) is 20.6. The molecule has 0 amide bonds. The minimum atomic E-state index is 0.0302. The first-order valence-electron chi connectivity index (χ1n) is 12.3. The van der Waals surface area contributed by atoms with E-state index in [4.69, 9.17) is 9.47 Å². The van der Waals surface area contributed by atoms with Crippen LogP contribution in [0.2, 0.25) is 0 Å². The number of nitrogens with zero attached hydrogens (tertiary/aromatic N) is 2. The second-order valence-electron chi connectivity index (χ2n) is 9.88. The van der Waals surface area contributed by atoms with Gasteiger partial charge in [-0.25, -0.2) is 4.98 Å². The van der Waals surface area contributed by atoms with Gasteiger partial charge in [-0.15, -0.1) is 11.3 Å². The van der Waals surface area contributed by atoms with Crippen LogP contribution in [-0.4, -0.2) is 55.3 Å². The summed E-state index contributed by atoms with van der Waals surface area (Å²) in [5.41, 5.74) is 4.03. The van der Waals surface area contributed by atoms with Crippen molar-refractivity contribution in [3.8, 4) is 11.5 Å². The first-order chi connectivity index (χ1) is 16.9. The summed E-state index contributed by atoms with van der Waals surface area (Å²) in [6, 6.07) is 10.0. The van der Waals surface area contributed by atoms with E-state index in [0.717, 1.165) is 65.1 Å². The van der Waals surface area contributed by atoms with E-state index in [1.54, 1.807) is 25.6 Å². The monoisotopic (exact) mass is 492 g/mol. The van der Waals surface area contributed by atoms with Gasteiger partial charge in [-0.2, -0.15) is 0 Å². The van der Waals surface area contributed by atoms with Crippen molar-refractivity contribution >= 4 is 33.1 Å². The van der Waals surface area contributed by atoms with Gasteiger partial charge >= 0.3 is 0 Å². The molecular weight excluding hydrogens is 460 g/mol. The molecule has 35 heavy (non-hydrogen) atoms. The normalized spacial score (nSPS) is 18.7. The zero-order valence-corrected chi connectivity index (χ0v) is 21.5. The Kier molecular flexibility index (Phi) is 6.89. The summed E-state index contributed by atoms with van der Waals surface area (Å²) < 4.78 is 11.9. The highest BCUT2D eigenvalue weighted by atomic mass is 32.1. The molecule has 184 valence electrons. The van der Waals surface area contributed by atoms with E-state index in [-0.39, 0.29) is 17.5 Å². The van der Waals surface area contributed by atoms with Crippen LogP contribution in [0, 0.1) is 18.8 Å². The van der Waals surface area contributed by atoms with E-state index in [1.165, 1.54) is 5.56 Å². The van der Waals surface area contributed by atoms with Crippen molar-refractivity contribution in [1.29, 1.82) is 0 Å². The highest BCUT2D eigenvalue weighted by Gasteiger charge is 2.34. The summed E-state index contributed by atoms with van der Waals surface area (Å²) in [5.74, 6) is 2.29. The summed E-state index contributed by atoms with van der Waals surface area (Å²) in [7, 11) is 3.22. The standard InChI is InChI=1S/C28H32N2O4S/c1-17-4-5-23-26(10-17)35-27(29-23)14-21(31)16-30-8-6-18(7-9-30)11-20-12-19-13-24(33-2)25(34-3)15-22(19)28(20)32/h4-5,10,13,15,18,20H,6-9,11-12,14,16H2,1-3H3. The van der Waals surface area contributed by atoms with E-state index < -0.39 is 0 Å². The maximum atomic E-state index is 13.0. The molecule has 5 rings (SSSR count). The van der Waals surface area contributed by atoms with E-state index in [9.17, 15) is 9.59 Å². The van der Waals surface area contributed by atoms with Gasteiger partial charge in [-0.05, 0) is 87.0 Å². The Labute approximate surface area is 210 Å². The topological polar surface area (TPSA) is 68.7 Å². The molecule has 0 spiro atoms. The Morgan fingerprint density at radius 2 is 1.86 bits per heavy atom. The first kappa shape index (κ1) is 23.9. The lowest BCUT2D eigenvalue weighted by atomic mass is 9.85. The number of piperidine rings is 1. The van der Waals surface area contributed by atoms with Gasteiger partial charge < -0.3 is 9.47 Å². The molecule has 0 saturated carbocycles. The summed E-state index contributed by atoms with van der Waals surface area (Å²) in [5, 5.41) is 0.901. The number of methoxy groups -OCH3 is 2. The quantitative estimate of drug-likeness (QED) is 0.446. The fraction of sp³-hybridized carbons (Fsp3) is 0.464. The lowest BCUT2D eigenvalue weighted by Gasteiger charge is -2.32. The molecule has 2 aliphatic rings. The van der Waals surface area contributed by atoms with Gasteiger partial charge in [-0.1, -0.05) is 6.07 Å². The van der Waals surface area contributed by atoms with Gasteiger partial charge in [0, 0.05) is 11.5 Å². The number of aromatic nitrogens is 1. The number of fused-ring (bicyclic) bond motifs is 2. The third kappa shape index (κ3) is 5.11. The summed E-state index contributed by atoms with van der Waals surface area (Å²) >= 11 is 1.62. The summed E-state index contributed by atoms with van der Waals surface area (Å²) in [4.78, 5) is 32.7. The Hall–Kier alpha value is -2.77. The van der Waals surface area contributed by atoms with E-state index in [2.05, 4.69) is 28.9 Å². The number of Topliss-reactive ketones (excluding diaryl/α,β-unsaturated/α-hetero) is 2. The van der Waals surface area contributed by atoms with Gasteiger partial charge in [0.1, 0.15) is 5.01 Å². The number of hydrogen-bond donors (Lipinski definition) is 0. The van der Waals surface area contributed by atoms with Crippen molar-refractivity contribution < 1.29 is 19.1 Å². The summed E-state index contributed by atoms with van der Waals surface area (Å²) in [6.45, 7) is 4.37. The molecule has 7 heteroatoms. The van der Waals surface area contributed by atoms with Crippen LogP contribution in [-0.2, 0) is 17.6 Å². The van der Waals surface area contributed by atoms with Crippen LogP contribution in [0.25, 0.3) is 10.2 Å². The second kappa shape index (κ2) is 10.1. The molecule has 0 radical (unpaired) electrons. The number of aryl methyl sites for hydroxylation is 1. The molecule has 1 fully saturated rings. The highest BCUT2D eigenvalue weighted by molar-refractivity contribution is 7.18. The number of thiazole rings is 1. The molecule has 3 aromatic rings. The minimum absolute atomic E-state index is 0.0302. The molecule has 2 aromatic carbocycles. The van der Waals surface area contributed by atoms with Crippen LogP contribution in [0.4, 0.5) is 0 Å². The summed E-state index contributed by atoms with van der Waals surface area (Å²) in [6.07, 6.45) is 4.14. The molecule has 1 unspecified atom stereocenters. The van der Waals surface area contributed by atoms with Crippen LogP contribution < -0.4 is 9.47 Å². The third-order valence-electron chi connectivity index (χ3n) is 7.37.